The van der Waals surface area contributed by atoms with Gasteiger partial charge in [-0.05, 0) is 19.3 Å². The minimum Gasteiger partial charge on any atom is -0.373 e. The Hall–Kier alpha value is -1.32. The first-order chi connectivity index (χ1) is 7.32. The molecule has 1 atom stereocenters. The number of hydrogen-bond acceptors (Lipinski definition) is 4. The molecule has 4 heteroatoms. The molecule has 0 bridgehead atoms. The second kappa shape index (κ2) is 4.68. The van der Waals surface area contributed by atoms with Crippen LogP contribution in [-0.2, 0) is 0 Å². The third kappa shape index (κ3) is 3.36. The maximum atomic E-state index is 4.37. The van der Waals surface area contributed by atoms with E-state index in [-0.39, 0.29) is 5.41 Å². The van der Waals surface area contributed by atoms with Gasteiger partial charge in [-0.25, -0.2) is 9.97 Å². The van der Waals surface area contributed by atoms with Gasteiger partial charge in [-0.15, -0.1) is 0 Å². The zero-order valence-electron chi connectivity index (χ0n) is 11.0. The number of hydrogen-bond donors (Lipinski definition) is 2. The van der Waals surface area contributed by atoms with Gasteiger partial charge < -0.3 is 10.6 Å². The van der Waals surface area contributed by atoms with E-state index in [1.807, 2.05) is 20.0 Å². The van der Waals surface area contributed by atoms with Crippen LogP contribution >= 0.6 is 0 Å². The molecule has 0 fully saturated rings. The highest BCUT2D eigenvalue weighted by Crippen LogP contribution is 2.22. The first-order valence-electron chi connectivity index (χ1n) is 5.63. The summed E-state index contributed by atoms with van der Waals surface area (Å²) in [7, 11) is 1.86. The molecule has 90 valence electrons. The Balaban J connectivity index is 2.85. The van der Waals surface area contributed by atoms with E-state index >= 15 is 0 Å². The van der Waals surface area contributed by atoms with Gasteiger partial charge in [-0.1, -0.05) is 20.8 Å². The third-order valence-electron chi connectivity index (χ3n) is 2.76. The highest BCUT2D eigenvalue weighted by molar-refractivity contribution is 5.47. The van der Waals surface area contributed by atoms with Crippen LogP contribution in [0, 0.1) is 12.3 Å². The van der Waals surface area contributed by atoms with Gasteiger partial charge in [0.05, 0.1) is 0 Å². The van der Waals surface area contributed by atoms with Crippen LogP contribution in [0.3, 0.4) is 0 Å². The summed E-state index contributed by atoms with van der Waals surface area (Å²) in [6.45, 7) is 10.7. The van der Waals surface area contributed by atoms with Crippen LogP contribution in [-0.4, -0.2) is 23.1 Å². The van der Waals surface area contributed by atoms with Gasteiger partial charge in [-0.3, -0.25) is 0 Å². The Kier molecular flexibility index (Phi) is 3.73. The molecule has 1 rings (SSSR count). The molecule has 0 saturated heterocycles. The maximum absolute atomic E-state index is 4.37. The Morgan fingerprint density at radius 3 is 2.25 bits per heavy atom. The van der Waals surface area contributed by atoms with Gasteiger partial charge in [-0.2, -0.15) is 0 Å². The van der Waals surface area contributed by atoms with Crippen LogP contribution in [0.15, 0.2) is 6.07 Å². The molecule has 1 aromatic heterocycles. The molecule has 0 amide bonds. The molecule has 1 heterocycles. The molecule has 1 unspecified atom stereocenters. The van der Waals surface area contributed by atoms with Crippen molar-refractivity contribution in [3.63, 3.8) is 0 Å². The molecule has 4 nitrogen and oxygen atoms in total. The van der Waals surface area contributed by atoms with E-state index in [9.17, 15) is 0 Å². The quantitative estimate of drug-likeness (QED) is 0.825. The summed E-state index contributed by atoms with van der Waals surface area (Å²) in [5, 5.41) is 6.44. The van der Waals surface area contributed by atoms with Crippen molar-refractivity contribution >= 4 is 11.6 Å². The number of aromatic nitrogens is 2. The fourth-order valence-corrected chi connectivity index (χ4v) is 1.21. The number of anilines is 2. The molecule has 0 spiro atoms. The van der Waals surface area contributed by atoms with E-state index in [1.54, 1.807) is 0 Å². The lowest BCUT2D eigenvalue weighted by molar-refractivity contribution is 0.358. The lowest BCUT2D eigenvalue weighted by atomic mass is 9.88. The third-order valence-corrected chi connectivity index (χ3v) is 2.76. The largest absolute Gasteiger partial charge is 0.373 e. The van der Waals surface area contributed by atoms with E-state index in [0.29, 0.717) is 6.04 Å². The summed E-state index contributed by atoms with van der Waals surface area (Å²) in [4.78, 5) is 8.63. The van der Waals surface area contributed by atoms with Crippen LogP contribution in [0.5, 0.6) is 0 Å². The van der Waals surface area contributed by atoms with Gasteiger partial charge in [0.15, 0.2) is 0 Å². The van der Waals surface area contributed by atoms with Gasteiger partial charge >= 0.3 is 0 Å². The summed E-state index contributed by atoms with van der Waals surface area (Å²) < 4.78 is 0. The van der Waals surface area contributed by atoms with E-state index in [1.165, 1.54) is 0 Å². The predicted molar refractivity (Wildman–Crippen MR) is 68.9 cm³/mol. The van der Waals surface area contributed by atoms with Crippen molar-refractivity contribution in [2.45, 2.75) is 40.7 Å². The summed E-state index contributed by atoms with van der Waals surface area (Å²) in [5.41, 5.74) is 0.207. The van der Waals surface area contributed by atoms with Crippen molar-refractivity contribution < 1.29 is 0 Å². The van der Waals surface area contributed by atoms with Crippen LogP contribution in [0.4, 0.5) is 11.6 Å². The second-order valence-corrected chi connectivity index (χ2v) is 5.17. The Labute approximate surface area is 97.9 Å². The Morgan fingerprint density at radius 2 is 1.75 bits per heavy atom. The van der Waals surface area contributed by atoms with Crippen LogP contribution in [0.1, 0.15) is 33.5 Å². The van der Waals surface area contributed by atoms with Crippen molar-refractivity contribution in [1.82, 2.24) is 9.97 Å². The Morgan fingerprint density at radius 1 is 1.19 bits per heavy atom. The second-order valence-electron chi connectivity index (χ2n) is 5.17. The van der Waals surface area contributed by atoms with Crippen molar-refractivity contribution in [1.29, 1.82) is 0 Å². The van der Waals surface area contributed by atoms with E-state index < -0.39 is 0 Å². The summed E-state index contributed by atoms with van der Waals surface area (Å²) in [6.07, 6.45) is 0. The van der Waals surface area contributed by atoms with E-state index in [2.05, 4.69) is 48.3 Å². The number of nitrogens with one attached hydrogen (secondary N) is 2. The number of aryl methyl sites for hydroxylation is 1. The fourth-order valence-electron chi connectivity index (χ4n) is 1.21. The standard InChI is InChI=1S/C12H22N4/c1-8(12(3,4)5)14-11-7-10(13-6)15-9(2)16-11/h7-8H,1-6H3,(H2,13,14,15,16). The lowest BCUT2D eigenvalue weighted by Gasteiger charge is -2.28. The molecule has 0 aromatic carbocycles. The zero-order valence-corrected chi connectivity index (χ0v) is 11.0. The van der Waals surface area contributed by atoms with E-state index in [0.717, 1.165) is 17.5 Å². The molecule has 0 radical (unpaired) electrons. The van der Waals surface area contributed by atoms with Crippen LogP contribution in [0.25, 0.3) is 0 Å². The van der Waals surface area contributed by atoms with Crippen molar-refractivity contribution in [3.05, 3.63) is 11.9 Å². The SMILES string of the molecule is CNc1cc(NC(C)C(C)(C)C)nc(C)n1. The number of nitrogens with zero attached hydrogens (tertiary/aromatic N) is 2. The van der Waals surface area contributed by atoms with Crippen molar-refractivity contribution in [2.75, 3.05) is 17.7 Å². The summed E-state index contributed by atoms with van der Waals surface area (Å²) >= 11 is 0. The van der Waals surface area contributed by atoms with Gasteiger partial charge in [0.1, 0.15) is 17.5 Å². The molecular formula is C12H22N4. The monoisotopic (exact) mass is 222 g/mol. The molecule has 16 heavy (non-hydrogen) atoms. The van der Waals surface area contributed by atoms with Crippen LogP contribution < -0.4 is 10.6 Å². The average Bonchev–Trinajstić information content (AvgIpc) is 2.15. The molecule has 1 aromatic rings. The minimum absolute atomic E-state index is 0.207. The minimum atomic E-state index is 0.207. The summed E-state index contributed by atoms with van der Waals surface area (Å²) in [5.74, 6) is 2.49. The van der Waals surface area contributed by atoms with Crippen LogP contribution in [0.2, 0.25) is 0 Å². The first-order valence-corrected chi connectivity index (χ1v) is 5.63. The van der Waals surface area contributed by atoms with Crippen molar-refractivity contribution in [2.24, 2.45) is 5.41 Å². The molecule has 0 aliphatic rings. The fraction of sp³-hybridized carbons (Fsp3) is 0.667. The predicted octanol–water partition coefficient (Wildman–Crippen LogP) is 2.67. The topological polar surface area (TPSA) is 49.8 Å². The Bertz CT molecular complexity index is 355. The van der Waals surface area contributed by atoms with Gasteiger partial charge in [0.2, 0.25) is 0 Å². The molecular weight excluding hydrogens is 200 g/mol. The lowest BCUT2D eigenvalue weighted by Crippen LogP contribution is -2.31. The maximum Gasteiger partial charge on any atom is 0.132 e. The summed E-state index contributed by atoms with van der Waals surface area (Å²) in [6, 6.07) is 2.28. The van der Waals surface area contributed by atoms with Gasteiger partial charge in [0.25, 0.3) is 0 Å². The average molecular weight is 222 g/mol. The molecule has 2 N–H and O–H groups in total. The van der Waals surface area contributed by atoms with E-state index in [4.69, 9.17) is 0 Å². The first kappa shape index (κ1) is 12.7. The number of rotatable bonds is 3. The van der Waals surface area contributed by atoms with Crippen molar-refractivity contribution in [3.8, 4) is 0 Å². The molecule has 0 aliphatic carbocycles. The van der Waals surface area contributed by atoms with Gasteiger partial charge in [0, 0.05) is 19.2 Å². The highest BCUT2D eigenvalue weighted by Gasteiger charge is 2.20. The normalized spacial score (nSPS) is 13.4. The zero-order chi connectivity index (χ0) is 12.3. The molecule has 0 saturated carbocycles. The molecule has 0 aliphatic heterocycles. The smallest absolute Gasteiger partial charge is 0.132 e. The highest BCUT2D eigenvalue weighted by atomic mass is 15.1.